The maximum Gasteiger partial charge on any atom is 0.182 e. The van der Waals surface area contributed by atoms with E-state index in [1.807, 2.05) is 11.9 Å². The second kappa shape index (κ2) is 5.45. The summed E-state index contributed by atoms with van der Waals surface area (Å²) in [5.74, 6) is -0.380. The van der Waals surface area contributed by atoms with Crippen molar-refractivity contribution in [2.24, 2.45) is 5.92 Å². The molecule has 0 saturated heterocycles. The third-order valence-electron chi connectivity index (χ3n) is 3.22. The zero-order valence-corrected chi connectivity index (χ0v) is 11.6. The van der Waals surface area contributed by atoms with Crippen molar-refractivity contribution in [1.29, 1.82) is 5.26 Å². The number of hydrogen-bond acceptors (Lipinski definition) is 4. The van der Waals surface area contributed by atoms with Crippen molar-refractivity contribution in [3.8, 4) is 6.07 Å². The van der Waals surface area contributed by atoms with E-state index in [0.717, 1.165) is 6.54 Å². The van der Waals surface area contributed by atoms with Crippen molar-refractivity contribution in [3.05, 3.63) is 42.1 Å². The molecule has 0 aliphatic carbocycles. The van der Waals surface area contributed by atoms with E-state index in [2.05, 4.69) is 6.07 Å². The minimum Gasteiger partial charge on any atom is -0.380 e. The van der Waals surface area contributed by atoms with Crippen molar-refractivity contribution < 1.29 is 8.42 Å². The van der Waals surface area contributed by atoms with E-state index >= 15 is 0 Å². The molecule has 5 heteroatoms. The van der Waals surface area contributed by atoms with Crippen molar-refractivity contribution in [1.82, 2.24) is 4.90 Å². The smallest absolute Gasteiger partial charge is 0.182 e. The first-order valence-electron chi connectivity index (χ1n) is 6.11. The Morgan fingerprint density at radius 3 is 2.68 bits per heavy atom. The lowest BCUT2D eigenvalue weighted by atomic mass is 9.96. The number of sulfone groups is 1. The summed E-state index contributed by atoms with van der Waals surface area (Å²) < 4.78 is 24.6. The molecule has 0 radical (unpaired) electrons. The fourth-order valence-corrected chi connectivity index (χ4v) is 3.62. The maximum absolute atomic E-state index is 12.3. The number of nitrogens with zero attached hydrogens (tertiary/aromatic N) is 2. The molecule has 1 aromatic rings. The Morgan fingerprint density at radius 2 is 2.05 bits per heavy atom. The van der Waals surface area contributed by atoms with Gasteiger partial charge in [-0.2, -0.15) is 5.26 Å². The maximum atomic E-state index is 12.3. The first kappa shape index (κ1) is 13.6. The predicted octanol–water partition coefficient (Wildman–Crippen LogP) is 1.82. The lowest BCUT2D eigenvalue weighted by Crippen LogP contribution is -2.26. The molecule has 1 aliphatic heterocycles. The molecule has 1 aromatic carbocycles. The fourth-order valence-electron chi connectivity index (χ4n) is 2.17. The summed E-state index contributed by atoms with van der Waals surface area (Å²) in [7, 11) is -1.48. The number of hydrogen-bond donors (Lipinski definition) is 0. The van der Waals surface area contributed by atoms with Gasteiger partial charge in [-0.3, -0.25) is 0 Å². The van der Waals surface area contributed by atoms with Crippen LogP contribution >= 0.6 is 0 Å². The van der Waals surface area contributed by atoms with Crippen LogP contribution in [0.3, 0.4) is 0 Å². The van der Waals surface area contributed by atoms with Gasteiger partial charge in [0.25, 0.3) is 0 Å². The van der Waals surface area contributed by atoms with Crippen LogP contribution < -0.4 is 0 Å². The average molecular weight is 276 g/mol. The molecule has 0 spiro atoms. The quantitative estimate of drug-likeness (QED) is 0.845. The van der Waals surface area contributed by atoms with Gasteiger partial charge in [-0.05, 0) is 24.1 Å². The summed E-state index contributed by atoms with van der Waals surface area (Å²) in [6.45, 7) is 0.785. The van der Waals surface area contributed by atoms with Crippen LogP contribution in [0.4, 0.5) is 0 Å². The van der Waals surface area contributed by atoms with Crippen molar-refractivity contribution in [2.75, 3.05) is 19.3 Å². The van der Waals surface area contributed by atoms with Gasteiger partial charge in [-0.15, -0.1) is 0 Å². The molecule has 0 saturated carbocycles. The van der Waals surface area contributed by atoms with Crippen LogP contribution in [0.2, 0.25) is 0 Å². The van der Waals surface area contributed by atoms with Crippen molar-refractivity contribution in [3.63, 3.8) is 0 Å². The van der Waals surface area contributed by atoms with E-state index < -0.39 is 9.84 Å². The largest absolute Gasteiger partial charge is 0.380 e. The lowest BCUT2D eigenvalue weighted by molar-refractivity contribution is 0.390. The summed E-state index contributed by atoms with van der Waals surface area (Å²) in [5.41, 5.74) is 0.681. The summed E-state index contributed by atoms with van der Waals surface area (Å²) in [6, 6.07) is 10.6. The lowest BCUT2D eigenvalue weighted by Gasteiger charge is -2.26. The highest BCUT2D eigenvalue weighted by molar-refractivity contribution is 7.91. The van der Waals surface area contributed by atoms with Gasteiger partial charge < -0.3 is 4.90 Å². The summed E-state index contributed by atoms with van der Waals surface area (Å²) in [6.07, 6.45) is 2.47. The van der Waals surface area contributed by atoms with Crippen LogP contribution in [-0.4, -0.2) is 32.7 Å². The first-order chi connectivity index (χ1) is 9.03. The Morgan fingerprint density at radius 1 is 1.37 bits per heavy atom. The van der Waals surface area contributed by atoms with Gasteiger partial charge in [0.1, 0.15) is 0 Å². The van der Waals surface area contributed by atoms with E-state index in [9.17, 15) is 8.42 Å². The van der Waals surface area contributed by atoms with Crippen LogP contribution in [0.25, 0.3) is 0 Å². The third-order valence-corrected chi connectivity index (χ3v) is 4.92. The molecule has 0 fully saturated rings. The highest BCUT2D eigenvalue weighted by Gasteiger charge is 2.25. The van der Waals surface area contributed by atoms with Crippen LogP contribution in [0.1, 0.15) is 6.42 Å². The van der Waals surface area contributed by atoms with E-state index in [4.69, 9.17) is 5.26 Å². The summed E-state index contributed by atoms with van der Waals surface area (Å²) in [4.78, 5) is 2.24. The van der Waals surface area contributed by atoms with Crippen LogP contribution in [0.15, 0.2) is 47.0 Å². The molecule has 0 N–H and O–H groups in total. The molecule has 4 nitrogen and oxygen atoms in total. The highest BCUT2D eigenvalue weighted by Crippen LogP contribution is 2.24. The Labute approximate surface area is 113 Å². The van der Waals surface area contributed by atoms with Gasteiger partial charge in [-0.1, -0.05) is 18.2 Å². The number of benzene rings is 1. The molecule has 100 valence electrons. The Balaban J connectivity index is 2.27. The molecular formula is C14H16N2O2S. The van der Waals surface area contributed by atoms with Crippen LogP contribution in [0.5, 0.6) is 0 Å². The topological polar surface area (TPSA) is 61.2 Å². The predicted molar refractivity (Wildman–Crippen MR) is 72.9 cm³/mol. The molecular weight excluding hydrogens is 260 g/mol. The highest BCUT2D eigenvalue weighted by atomic mass is 32.2. The van der Waals surface area contributed by atoms with E-state index in [0.29, 0.717) is 16.9 Å². The first-order valence-corrected chi connectivity index (χ1v) is 7.76. The molecule has 2 rings (SSSR count). The Bertz CT molecular complexity index is 615. The van der Waals surface area contributed by atoms with E-state index in [1.165, 1.54) is 0 Å². The summed E-state index contributed by atoms with van der Waals surface area (Å²) in [5, 5.41) is 9.11. The standard InChI is InChI=1S/C14H16N2O2S/c1-16-8-7-12(9-15)13(10-16)11-19(17,18)14-5-3-2-4-6-14/h2-6,10,12H,7-8,11H2,1H3. The molecule has 0 aromatic heterocycles. The zero-order valence-electron chi connectivity index (χ0n) is 10.8. The second-order valence-corrected chi connectivity index (χ2v) is 6.72. The normalized spacial score (nSPS) is 19.7. The molecule has 1 aliphatic rings. The van der Waals surface area contributed by atoms with Gasteiger partial charge in [0.05, 0.1) is 22.6 Å². The van der Waals surface area contributed by atoms with E-state index in [-0.39, 0.29) is 11.7 Å². The number of nitriles is 1. The average Bonchev–Trinajstić information content (AvgIpc) is 2.39. The van der Waals surface area contributed by atoms with Gasteiger partial charge in [0.15, 0.2) is 9.84 Å². The molecule has 1 unspecified atom stereocenters. The second-order valence-electron chi connectivity index (χ2n) is 4.73. The third kappa shape index (κ3) is 3.15. The minimum atomic E-state index is -3.37. The monoisotopic (exact) mass is 276 g/mol. The zero-order chi connectivity index (χ0) is 13.9. The minimum absolute atomic E-state index is 0.0837. The van der Waals surface area contributed by atoms with Gasteiger partial charge in [0.2, 0.25) is 0 Å². The van der Waals surface area contributed by atoms with Gasteiger partial charge >= 0.3 is 0 Å². The molecule has 0 bridgehead atoms. The van der Waals surface area contributed by atoms with Gasteiger partial charge in [-0.25, -0.2) is 8.42 Å². The molecule has 1 heterocycles. The Hall–Kier alpha value is -1.80. The fraction of sp³-hybridized carbons (Fsp3) is 0.357. The molecule has 0 amide bonds. The summed E-state index contributed by atoms with van der Waals surface area (Å²) >= 11 is 0. The van der Waals surface area contributed by atoms with Gasteiger partial charge in [0, 0.05) is 19.8 Å². The Kier molecular flexibility index (Phi) is 3.91. The van der Waals surface area contributed by atoms with Crippen LogP contribution in [0, 0.1) is 17.2 Å². The molecule has 1 atom stereocenters. The van der Waals surface area contributed by atoms with Crippen LogP contribution in [-0.2, 0) is 9.84 Å². The van der Waals surface area contributed by atoms with E-state index in [1.54, 1.807) is 36.5 Å². The number of rotatable bonds is 3. The molecule has 19 heavy (non-hydrogen) atoms. The van der Waals surface area contributed by atoms with Crippen molar-refractivity contribution >= 4 is 9.84 Å². The SMILES string of the molecule is CN1C=C(CS(=O)(=O)c2ccccc2)C(C#N)CC1. The van der Waals surface area contributed by atoms with Crippen molar-refractivity contribution in [2.45, 2.75) is 11.3 Å².